The van der Waals surface area contributed by atoms with Crippen molar-refractivity contribution in [2.45, 2.75) is 25.4 Å². The van der Waals surface area contributed by atoms with Crippen LogP contribution in [0.5, 0.6) is 0 Å². The summed E-state index contributed by atoms with van der Waals surface area (Å²) in [6, 6.07) is 8.36. The summed E-state index contributed by atoms with van der Waals surface area (Å²) in [6.45, 7) is 3.05. The Kier molecular flexibility index (Phi) is 5.56. The summed E-state index contributed by atoms with van der Waals surface area (Å²) in [5.74, 6) is 0. The van der Waals surface area contributed by atoms with Gasteiger partial charge >= 0.3 is 0 Å². The quantitative estimate of drug-likeness (QED) is 0.886. The summed E-state index contributed by atoms with van der Waals surface area (Å²) in [5.41, 5.74) is 7.14. The zero-order valence-corrected chi connectivity index (χ0v) is 10.8. The fraction of sp³-hybridized carbons (Fsp3) is 0.500. The first kappa shape index (κ1) is 13.8. The van der Waals surface area contributed by atoms with Crippen molar-refractivity contribution in [3.63, 3.8) is 0 Å². The van der Waals surface area contributed by atoms with Crippen LogP contribution in [0, 0.1) is 0 Å². The van der Waals surface area contributed by atoms with E-state index in [-0.39, 0.29) is 12.4 Å². The van der Waals surface area contributed by atoms with E-state index in [1.807, 2.05) is 18.2 Å². The van der Waals surface area contributed by atoms with Crippen molar-refractivity contribution in [3.8, 4) is 0 Å². The molecule has 2 nitrogen and oxygen atoms in total. The lowest BCUT2D eigenvalue weighted by Crippen LogP contribution is -2.42. The molecule has 1 heterocycles. The number of likely N-dealkylation sites (tertiary alicyclic amines) is 1. The lowest BCUT2D eigenvalue weighted by Gasteiger charge is -2.30. The van der Waals surface area contributed by atoms with E-state index < -0.39 is 0 Å². The van der Waals surface area contributed by atoms with Crippen LogP contribution in [0.2, 0.25) is 5.02 Å². The molecule has 1 aromatic carbocycles. The molecule has 1 atom stereocenters. The molecule has 0 radical (unpaired) electrons. The second-order valence-electron chi connectivity index (χ2n) is 4.23. The van der Waals surface area contributed by atoms with Gasteiger partial charge in [-0.3, -0.25) is 4.90 Å². The molecule has 4 heteroatoms. The van der Waals surface area contributed by atoms with Gasteiger partial charge in [0.15, 0.2) is 0 Å². The van der Waals surface area contributed by atoms with Gasteiger partial charge in [-0.25, -0.2) is 0 Å². The first-order valence-corrected chi connectivity index (χ1v) is 5.85. The molecule has 0 bridgehead atoms. The Morgan fingerprint density at radius 2 is 2.12 bits per heavy atom. The molecule has 1 saturated heterocycles. The van der Waals surface area contributed by atoms with Crippen molar-refractivity contribution >= 4 is 24.0 Å². The molecule has 16 heavy (non-hydrogen) atoms. The summed E-state index contributed by atoms with van der Waals surface area (Å²) in [6.07, 6.45) is 2.35. The number of piperidine rings is 1. The van der Waals surface area contributed by atoms with Gasteiger partial charge in [0.05, 0.1) is 0 Å². The monoisotopic (exact) mass is 260 g/mol. The number of halogens is 2. The third kappa shape index (κ3) is 3.63. The van der Waals surface area contributed by atoms with E-state index in [0.29, 0.717) is 6.04 Å². The maximum absolute atomic E-state index is 6.12. The Morgan fingerprint density at radius 3 is 2.81 bits per heavy atom. The third-order valence-corrected chi connectivity index (χ3v) is 3.26. The summed E-state index contributed by atoms with van der Waals surface area (Å²) in [4.78, 5) is 2.38. The van der Waals surface area contributed by atoms with Gasteiger partial charge in [0, 0.05) is 24.2 Å². The molecule has 2 N–H and O–H groups in total. The molecule has 0 unspecified atom stereocenters. The van der Waals surface area contributed by atoms with Gasteiger partial charge in [-0.1, -0.05) is 29.8 Å². The van der Waals surface area contributed by atoms with Crippen molar-refractivity contribution in [2.75, 3.05) is 13.1 Å². The number of hydrogen-bond acceptors (Lipinski definition) is 2. The van der Waals surface area contributed by atoms with Gasteiger partial charge < -0.3 is 5.73 Å². The van der Waals surface area contributed by atoms with E-state index in [0.717, 1.165) is 31.1 Å². The van der Waals surface area contributed by atoms with E-state index in [1.54, 1.807) is 0 Å². The summed E-state index contributed by atoms with van der Waals surface area (Å²) < 4.78 is 0. The van der Waals surface area contributed by atoms with Crippen LogP contribution < -0.4 is 5.73 Å². The van der Waals surface area contributed by atoms with E-state index in [2.05, 4.69) is 11.0 Å². The Bertz CT molecular complexity index is 331. The Hall–Kier alpha value is -0.280. The van der Waals surface area contributed by atoms with Crippen molar-refractivity contribution in [1.29, 1.82) is 0 Å². The third-order valence-electron chi connectivity index (χ3n) is 2.89. The minimum absolute atomic E-state index is 0. The van der Waals surface area contributed by atoms with E-state index in [9.17, 15) is 0 Å². The molecular formula is C12H18Cl2N2. The van der Waals surface area contributed by atoms with Crippen LogP contribution in [0.4, 0.5) is 0 Å². The van der Waals surface area contributed by atoms with Crippen LogP contribution >= 0.6 is 24.0 Å². The highest BCUT2D eigenvalue weighted by Crippen LogP contribution is 2.19. The zero-order chi connectivity index (χ0) is 10.7. The zero-order valence-electron chi connectivity index (χ0n) is 9.23. The maximum Gasteiger partial charge on any atom is 0.0451 e. The number of nitrogens with two attached hydrogens (primary N) is 1. The minimum Gasteiger partial charge on any atom is -0.327 e. The average molecular weight is 261 g/mol. The van der Waals surface area contributed by atoms with Crippen LogP contribution in [-0.4, -0.2) is 24.0 Å². The van der Waals surface area contributed by atoms with Crippen LogP contribution in [0.1, 0.15) is 18.4 Å². The van der Waals surface area contributed by atoms with Gasteiger partial charge in [-0.05, 0) is 31.0 Å². The second-order valence-corrected chi connectivity index (χ2v) is 4.64. The largest absolute Gasteiger partial charge is 0.327 e. The molecule has 90 valence electrons. The molecule has 0 aliphatic carbocycles. The molecule has 0 amide bonds. The van der Waals surface area contributed by atoms with Gasteiger partial charge in [0.25, 0.3) is 0 Å². The summed E-state index contributed by atoms with van der Waals surface area (Å²) in [5, 5.41) is 0.858. The normalized spacial score (nSPS) is 21.5. The van der Waals surface area contributed by atoms with Crippen molar-refractivity contribution in [2.24, 2.45) is 5.73 Å². The lowest BCUT2D eigenvalue weighted by atomic mass is 10.1. The van der Waals surface area contributed by atoms with E-state index >= 15 is 0 Å². The molecule has 2 rings (SSSR count). The van der Waals surface area contributed by atoms with Crippen molar-refractivity contribution in [1.82, 2.24) is 4.90 Å². The van der Waals surface area contributed by atoms with Crippen LogP contribution in [0.15, 0.2) is 24.3 Å². The number of rotatable bonds is 2. The fourth-order valence-corrected chi connectivity index (χ4v) is 2.30. The Labute approximate surface area is 108 Å². The fourth-order valence-electron chi connectivity index (χ4n) is 2.10. The summed E-state index contributed by atoms with van der Waals surface area (Å²) >= 11 is 6.12. The van der Waals surface area contributed by atoms with E-state index in [1.165, 1.54) is 12.0 Å². The number of hydrogen-bond donors (Lipinski definition) is 1. The molecule has 0 saturated carbocycles. The highest BCUT2D eigenvalue weighted by molar-refractivity contribution is 6.31. The predicted octanol–water partition coefficient (Wildman–Crippen LogP) is 2.68. The highest BCUT2D eigenvalue weighted by Gasteiger charge is 2.17. The van der Waals surface area contributed by atoms with Gasteiger partial charge in [-0.15, -0.1) is 12.4 Å². The summed E-state index contributed by atoms with van der Waals surface area (Å²) in [7, 11) is 0. The van der Waals surface area contributed by atoms with Gasteiger partial charge in [-0.2, -0.15) is 0 Å². The molecule has 0 aromatic heterocycles. The standard InChI is InChI=1S/C12H17ClN2.ClH/c13-12-6-2-1-4-10(12)8-15-7-3-5-11(14)9-15;/h1-2,4,6,11H,3,5,7-9,14H2;1H/t11-;/m1./s1. The van der Waals surface area contributed by atoms with E-state index in [4.69, 9.17) is 17.3 Å². The van der Waals surface area contributed by atoms with Crippen LogP contribution in [-0.2, 0) is 6.54 Å². The Balaban J connectivity index is 0.00000128. The SMILES string of the molecule is Cl.N[C@@H]1CCCN(Cc2ccccc2Cl)C1. The first-order valence-electron chi connectivity index (χ1n) is 5.47. The second kappa shape index (κ2) is 6.45. The highest BCUT2D eigenvalue weighted by atomic mass is 35.5. The van der Waals surface area contributed by atoms with Crippen molar-refractivity contribution < 1.29 is 0 Å². The number of nitrogens with zero attached hydrogens (tertiary/aromatic N) is 1. The molecule has 1 aliphatic rings. The predicted molar refractivity (Wildman–Crippen MR) is 71.2 cm³/mol. The topological polar surface area (TPSA) is 29.3 Å². The first-order chi connectivity index (χ1) is 7.25. The van der Waals surface area contributed by atoms with Crippen LogP contribution in [0.25, 0.3) is 0 Å². The maximum atomic E-state index is 6.12. The van der Waals surface area contributed by atoms with Gasteiger partial charge in [0.2, 0.25) is 0 Å². The molecule has 0 spiro atoms. The molecular weight excluding hydrogens is 243 g/mol. The average Bonchev–Trinajstić information content (AvgIpc) is 2.22. The lowest BCUT2D eigenvalue weighted by molar-refractivity contribution is 0.201. The molecule has 1 aliphatic heterocycles. The van der Waals surface area contributed by atoms with Crippen molar-refractivity contribution in [3.05, 3.63) is 34.9 Å². The van der Waals surface area contributed by atoms with Gasteiger partial charge in [0.1, 0.15) is 0 Å². The Morgan fingerprint density at radius 1 is 1.38 bits per heavy atom. The minimum atomic E-state index is 0. The smallest absolute Gasteiger partial charge is 0.0451 e. The number of benzene rings is 1. The molecule has 1 fully saturated rings. The molecule has 1 aromatic rings. The van der Waals surface area contributed by atoms with Crippen LogP contribution in [0.3, 0.4) is 0 Å².